The van der Waals surface area contributed by atoms with Gasteiger partial charge in [-0.2, -0.15) is 0 Å². The van der Waals surface area contributed by atoms with Crippen molar-refractivity contribution in [2.75, 3.05) is 20.7 Å². The van der Waals surface area contributed by atoms with Crippen molar-refractivity contribution in [3.8, 4) is 16.9 Å². The molecule has 0 saturated carbocycles. The van der Waals surface area contributed by atoms with Crippen molar-refractivity contribution in [3.63, 3.8) is 0 Å². The maximum absolute atomic E-state index is 11.5. The molecular formula is C17H20N2O2. The summed E-state index contributed by atoms with van der Waals surface area (Å²) in [7, 11) is 3.41. The van der Waals surface area contributed by atoms with Gasteiger partial charge in [0.05, 0.1) is 13.7 Å². The van der Waals surface area contributed by atoms with Crippen LogP contribution in [0, 0.1) is 0 Å². The van der Waals surface area contributed by atoms with E-state index < -0.39 is 0 Å². The van der Waals surface area contributed by atoms with Crippen LogP contribution in [0.1, 0.15) is 5.56 Å². The predicted octanol–water partition coefficient (Wildman–Crippen LogP) is 2.28. The highest BCUT2D eigenvalue weighted by molar-refractivity contribution is 5.77. The van der Waals surface area contributed by atoms with Gasteiger partial charge in [-0.1, -0.05) is 30.3 Å². The van der Waals surface area contributed by atoms with Crippen molar-refractivity contribution in [3.05, 3.63) is 54.1 Å². The van der Waals surface area contributed by atoms with Gasteiger partial charge in [-0.15, -0.1) is 0 Å². The van der Waals surface area contributed by atoms with Crippen molar-refractivity contribution < 1.29 is 9.53 Å². The van der Waals surface area contributed by atoms with E-state index in [9.17, 15) is 4.79 Å². The summed E-state index contributed by atoms with van der Waals surface area (Å²) in [5.41, 5.74) is 8.68. The SMILES string of the molecule is COc1ccc(-c2cccc(CN(C)C(=O)CN)c2)cc1. The van der Waals surface area contributed by atoms with Crippen LogP contribution in [-0.4, -0.2) is 31.5 Å². The van der Waals surface area contributed by atoms with Crippen LogP contribution in [0.4, 0.5) is 0 Å². The third kappa shape index (κ3) is 3.83. The van der Waals surface area contributed by atoms with E-state index >= 15 is 0 Å². The summed E-state index contributed by atoms with van der Waals surface area (Å²) in [5.74, 6) is 0.771. The average Bonchev–Trinajstić information content (AvgIpc) is 2.54. The number of likely N-dealkylation sites (N-methyl/N-ethyl adjacent to an activating group) is 1. The summed E-state index contributed by atoms with van der Waals surface area (Å²) in [6, 6.07) is 16.1. The van der Waals surface area contributed by atoms with Crippen LogP contribution < -0.4 is 10.5 Å². The summed E-state index contributed by atoms with van der Waals surface area (Å²) in [5, 5.41) is 0. The van der Waals surface area contributed by atoms with Gasteiger partial charge in [0, 0.05) is 13.6 Å². The van der Waals surface area contributed by atoms with Crippen LogP contribution in [0.25, 0.3) is 11.1 Å². The summed E-state index contributed by atoms with van der Waals surface area (Å²) >= 11 is 0. The summed E-state index contributed by atoms with van der Waals surface area (Å²) in [6.07, 6.45) is 0. The standard InChI is InChI=1S/C17H20N2O2/c1-19(17(20)11-18)12-13-4-3-5-15(10-13)14-6-8-16(21-2)9-7-14/h3-10H,11-12,18H2,1-2H3. The van der Waals surface area contributed by atoms with Gasteiger partial charge in [-0.3, -0.25) is 4.79 Å². The molecule has 0 aliphatic rings. The van der Waals surface area contributed by atoms with Crippen molar-refractivity contribution in [2.45, 2.75) is 6.54 Å². The van der Waals surface area contributed by atoms with Gasteiger partial charge in [0.1, 0.15) is 5.75 Å². The number of ether oxygens (including phenoxy) is 1. The Kier molecular flexibility index (Phi) is 4.95. The van der Waals surface area contributed by atoms with Crippen LogP contribution in [0.15, 0.2) is 48.5 Å². The Morgan fingerprint density at radius 3 is 2.48 bits per heavy atom. The molecule has 4 heteroatoms. The largest absolute Gasteiger partial charge is 0.497 e. The number of methoxy groups -OCH3 is 1. The summed E-state index contributed by atoms with van der Waals surface area (Å²) in [6.45, 7) is 0.592. The molecule has 0 aliphatic carbocycles. The normalized spacial score (nSPS) is 10.2. The Morgan fingerprint density at radius 2 is 1.86 bits per heavy atom. The molecule has 0 aliphatic heterocycles. The average molecular weight is 284 g/mol. The van der Waals surface area contributed by atoms with Crippen molar-refractivity contribution in [2.24, 2.45) is 5.73 Å². The van der Waals surface area contributed by atoms with Gasteiger partial charge in [0.2, 0.25) is 5.91 Å². The number of carbonyl (C=O) groups excluding carboxylic acids is 1. The Bertz CT molecular complexity index is 608. The number of nitrogens with two attached hydrogens (primary N) is 1. The number of rotatable bonds is 5. The molecule has 0 heterocycles. The number of benzene rings is 2. The van der Waals surface area contributed by atoms with E-state index in [-0.39, 0.29) is 12.5 Å². The maximum atomic E-state index is 11.5. The van der Waals surface area contributed by atoms with E-state index in [4.69, 9.17) is 10.5 Å². The van der Waals surface area contributed by atoms with Crippen LogP contribution in [0.2, 0.25) is 0 Å². The molecule has 21 heavy (non-hydrogen) atoms. The molecule has 2 rings (SSSR count). The molecule has 0 atom stereocenters. The van der Waals surface area contributed by atoms with E-state index in [1.807, 2.05) is 36.4 Å². The molecule has 0 radical (unpaired) electrons. The van der Waals surface area contributed by atoms with Gasteiger partial charge in [-0.25, -0.2) is 0 Å². The zero-order chi connectivity index (χ0) is 15.2. The van der Waals surface area contributed by atoms with Gasteiger partial charge < -0.3 is 15.4 Å². The van der Waals surface area contributed by atoms with E-state index in [2.05, 4.69) is 12.1 Å². The number of amides is 1. The molecule has 1 amide bonds. The van der Waals surface area contributed by atoms with Gasteiger partial charge in [0.25, 0.3) is 0 Å². The Hall–Kier alpha value is -2.33. The summed E-state index contributed by atoms with van der Waals surface area (Å²) < 4.78 is 5.16. The zero-order valence-electron chi connectivity index (χ0n) is 12.4. The van der Waals surface area contributed by atoms with E-state index in [0.29, 0.717) is 6.54 Å². The lowest BCUT2D eigenvalue weighted by Crippen LogP contribution is -2.32. The monoisotopic (exact) mass is 284 g/mol. The van der Waals surface area contributed by atoms with Gasteiger partial charge in [0.15, 0.2) is 0 Å². The fraction of sp³-hybridized carbons (Fsp3) is 0.235. The zero-order valence-corrected chi connectivity index (χ0v) is 12.4. The molecule has 0 aromatic heterocycles. The lowest BCUT2D eigenvalue weighted by Gasteiger charge is -2.16. The molecule has 0 fully saturated rings. The third-order valence-corrected chi connectivity index (χ3v) is 3.37. The van der Waals surface area contributed by atoms with Gasteiger partial charge >= 0.3 is 0 Å². The first-order valence-electron chi connectivity index (χ1n) is 6.81. The molecule has 2 N–H and O–H groups in total. The molecule has 0 saturated heterocycles. The lowest BCUT2D eigenvalue weighted by atomic mass is 10.0. The minimum atomic E-state index is -0.0650. The molecule has 0 unspecified atom stereocenters. The van der Waals surface area contributed by atoms with Crippen LogP contribution in [-0.2, 0) is 11.3 Å². The Morgan fingerprint density at radius 1 is 1.14 bits per heavy atom. The first-order chi connectivity index (χ1) is 10.1. The molecule has 2 aromatic carbocycles. The second kappa shape index (κ2) is 6.90. The van der Waals surface area contributed by atoms with E-state index in [0.717, 1.165) is 22.4 Å². The van der Waals surface area contributed by atoms with Crippen LogP contribution in [0.5, 0.6) is 5.75 Å². The van der Waals surface area contributed by atoms with Crippen LogP contribution >= 0.6 is 0 Å². The number of nitrogens with zero attached hydrogens (tertiary/aromatic N) is 1. The first kappa shape index (κ1) is 15.1. The molecule has 0 bridgehead atoms. The predicted molar refractivity (Wildman–Crippen MR) is 84.0 cm³/mol. The lowest BCUT2D eigenvalue weighted by molar-refractivity contribution is -0.128. The van der Waals surface area contributed by atoms with Crippen molar-refractivity contribution in [1.82, 2.24) is 4.90 Å². The second-order valence-electron chi connectivity index (χ2n) is 4.88. The number of hydrogen-bond acceptors (Lipinski definition) is 3. The molecule has 2 aromatic rings. The smallest absolute Gasteiger partial charge is 0.236 e. The highest BCUT2D eigenvalue weighted by Gasteiger charge is 2.07. The molecular weight excluding hydrogens is 264 g/mol. The minimum absolute atomic E-state index is 0.0364. The number of carbonyl (C=O) groups is 1. The van der Waals surface area contributed by atoms with Crippen LogP contribution in [0.3, 0.4) is 0 Å². The molecule has 110 valence electrons. The summed E-state index contributed by atoms with van der Waals surface area (Å²) in [4.78, 5) is 13.2. The minimum Gasteiger partial charge on any atom is -0.497 e. The number of hydrogen-bond donors (Lipinski definition) is 1. The highest BCUT2D eigenvalue weighted by atomic mass is 16.5. The Labute approximate surface area is 125 Å². The van der Waals surface area contributed by atoms with E-state index in [1.165, 1.54) is 0 Å². The van der Waals surface area contributed by atoms with Gasteiger partial charge in [-0.05, 0) is 34.9 Å². The third-order valence-electron chi connectivity index (χ3n) is 3.37. The molecule has 4 nitrogen and oxygen atoms in total. The second-order valence-corrected chi connectivity index (χ2v) is 4.88. The fourth-order valence-corrected chi connectivity index (χ4v) is 2.15. The van der Waals surface area contributed by atoms with Crippen molar-refractivity contribution >= 4 is 5.91 Å². The van der Waals surface area contributed by atoms with E-state index in [1.54, 1.807) is 19.1 Å². The topological polar surface area (TPSA) is 55.6 Å². The fourth-order valence-electron chi connectivity index (χ4n) is 2.15. The molecule has 0 spiro atoms. The quantitative estimate of drug-likeness (QED) is 0.916. The Balaban J connectivity index is 2.18. The highest BCUT2D eigenvalue weighted by Crippen LogP contribution is 2.23. The first-order valence-corrected chi connectivity index (χ1v) is 6.81. The van der Waals surface area contributed by atoms with Crippen molar-refractivity contribution in [1.29, 1.82) is 0 Å². The maximum Gasteiger partial charge on any atom is 0.236 e.